The van der Waals surface area contributed by atoms with Crippen molar-refractivity contribution in [1.29, 1.82) is 5.26 Å². The highest BCUT2D eigenvalue weighted by molar-refractivity contribution is 6.03. The highest BCUT2D eigenvalue weighted by Gasteiger charge is 2.30. The van der Waals surface area contributed by atoms with Crippen LogP contribution in [0.15, 0.2) is 48.5 Å². The summed E-state index contributed by atoms with van der Waals surface area (Å²) in [7, 11) is 0. The molecule has 0 bridgehead atoms. The molecule has 0 aliphatic carbocycles. The Morgan fingerprint density at radius 2 is 1.68 bits per heavy atom. The van der Waals surface area contributed by atoms with Crippen LogP contribution in [0.3, 0.4) is 0 Å². The van der Waals surface area contributed by atoms with Crippen LogP contribution in [0.5, 0.6) is 11.5 Å². The van der Waals surface area contributed by atoms with Crippen molar-refractivity contribution in [1.82, 2.24) is 0 Å². The number of benzene rings is 3. The number of hydrogen-bond acceptors (Lipinski definition) is 4. The number of phenolic OH excluding ortho intramolecular Hbond substituents is 1. The second-order valence-corrected chi connectivity index (χ2v) is 5.14. The van der Waals surface area contributed by atoms with Crippen LogP contribution in [-0.4, -0.2) is 10.2 Å². The van der Waals surface area contributed by atoms with Gasteiger partial charge in [-0.2, -0.15) is 5.26 Å². The largest absolute Gasteiger partial charge is 0.506 e. The molecule has 1 aliphatic rings. The molecule has 4 nitrogen and oxygen atoms in total. The number of phenols is 1. The molecule has 3 aromatic carbocycles. The molecule has 1 heterocycles. The third-order valence-corrected chi connectivity index (χ3v) is 3.98. The smallest absolute Gasteiger partial charge is 0.224 e. The summed E-state index contributed by atoms with van der Waals surface area (Å²) in [6, 6.07) is 16.4. The zero-order valence-corrected chi connectivity index (χ0v) is 11.4. The Morgan fingerprint density at radius 3 is 2.45 bits per heavy atom. The number of nitriles is 1. The van der Waals surface area contributed by atoms with Crippen LogP contribution in [0.25, 0.3) is 21.9 Å². The van der Waals surface area contributed by atoms with E-state index in [0.717, 1.165) is 0 Å². The first kappa shape index (κ1) is 12.7. The number of aromatic hydroxyl groups is 1. The van der Waals surface area contributed by atoms with Crippen molar-refractivity contribution < 1.29 is 14.9 Å². The summed E-state index contributed by atoms with van der Waals surface area (Å²) in [6.07, 6.45) is -1.10. The fourth-order valence-corrected chi connectivity index (χ4v) is 2.99. The lowest BCUT2D eigenvalue weighted by Crippen LogP contribution is -2.14. The van der Waals surface area contributed by atoms with Crippen molar-refractivity contribution in [3.05, 3.63) is 59.7 Å². The van der Waals surface area contributed by atoms with E-state index in [1.807, 2.05) is 18.2 Å². The van der Waals surface area contributed by atoms with Crippen LogP contribution < -0.4 is 4.74 Å². The van der Waals surface area contributed by atoms with E-state index in [0.29, 0.717) is 33.2 Å². The molecule has 1 atom stereocenters. The van der Waals surface area contributed by atoms with Gasteiger partial charge in [-0.05, 0) is 5.56 Å². The summed E-state index contributed by atoms with van der Waals surface area (Å²) in [4.78, 5) is 0. The first-order chi connectivity index (χ1) is 10.7. The van der Waals surface area contributed by atoms with Crippen LogP contribution in [0.1, 0.15) is 17.4 Å². The van der Waals surface area contributed by atoms with Crippen molar-refractivity contribution >= 4 is 10.8 Å². The van der Waals surface area contributed by atoms with Crippen LogP contribution in [-0.2, 0) is 0 Å². The fraction of sp³-hybridized carbons (Fsp3) is 0.0556. The standard InChI is InChI=1S/C18H11NO3/c19-9-14-10-5-1-3-7-12(10)17-15(16(14)20)11-6-2-4-8-13(11)18(21)22-17/h1-8,18,20-21H. The van der Waals surface area contributed by atoms with E-state index >= 15 is 0 Å². The van der Waals surface area contributed by atoms with E-state index in [4.69, 9.17) is 4.74 Å². The zero-order valence-electron chi connectivity index (χ0n) is 11.4. The first-order valence-corrected chi connectivity index (χ1v) is 6.84. The van der Waals surface area contributed by atoms with E-state index in [1.165, 1.54) is 0 Å². The van der Waals surface area contributed by atoms with Gasteiger partial charge in [0.2, 0.25) is 6.29 Å². The van der Waals surface area contributed by atoms with Gasteiger partial charge in [0.1, 0.15) is 23.1 Å². The maximum Gasteiger partial charge on any atom is 0.224 e. The molecule has 0 saturated carbocycles. The molecule has 2 N–H and O–H groups in total. The molecular formula is C18H11NO3. The molecule has 22 heavy (non-hydrogen) atoms. The number of nitrogens with zero attached hydrogens (tertiary/aromatic N) is 1. The van der Waals surface area contributed by atoms with Gasteiger partial charge >= 0.3 is 0 Å². The molecule has 3 aromatic rings. The Morgan fingerprint density at radius 1 is 1.00 bits per heavy atom. The Kier molecular flexibility index (Phi) is 2.59. The third-order valence-electron chi connectivity index (χ3n) is 3.98. The van der Waals surface area contributed by atoms with Gasteiger partial charge in [-0.1, -0.05) is 48.5 Å². The molecule has 0 saturated heterocycles. The van der Waals surface area contributed by atoms with E-state index in [-0.39, 0.29) is 11.3 Å². The lowest BCUT2D eigenvalue weighted by Gasteiger charge is -2.27. The molecule has 106 valence electrons. The van der Waals surface area contributed by atoms with Gasteiger partial charge < -0.3 is 14.9 Å². The molecule has 0 radical (unpaired) electrons. The zero-order chi connectivity index (χ0) is 15.3. The second-order valence-electron chi connectivity index (χ2n) is 5.14. The quantitative estimate of drug-likeness (QED) is 0.664. The van der Waals surface area contributed by atoms with Crippen LogP contribution in [0.4, 0.5) is 0 Å². The normalized spacial score (nSPS) is 15.5. The summed E-state index contributed by atoms with van der Waals surface area (Å²) in [5.74, 6) is 0.286. The predicted molar refractivity (Wildman–Crippen MR) is 81.4 cm³/mol. The van der Waals surface area contributed by atoms with Gasteiger partial charge in [-0.25, -0.2) is 0 Å². The molecule has 0 fully saturated rings. The average Bonchev–Trinajstić information content (AvgIpc) is 2.55. The first-order valence-electron chi connectivity index (χ1n) is 6.84. The topological polar surface area (TPSA) is 73.5 Å². The Hall–Kier alpha value is -3.03. The highest BCUT2D eigenvalue weighted by atomic mass is 16.6. The molecule has 1 unspecified atom stereocenters. The van der Waals surface area contributed by atoms with Crippen molar-refractivity contribution in [2.75, 3.05) is 0 Å². The molecular weight excluding hydrogens is 278 g/mol. The molecule has 0 spiro atoms. The summed E-state index contributed by atoms with van der Waals surface area (Å²) < 4.78 is 5.64. The minimum atomic E-state index is -1.10. The molecule has 4 heteroatoms. The van der Waals surface area contributed by atoms with Gasteiger partial charge in [0.15, 0.2) is 0 Å². The lowest BCUT2D eigenvalue weighted by atomic mass is 9.90. The Balaban J connectivity index is 2.22. The van der Waals surface area contributed by atoms with Crippen molar-refractivity contribution in [2.24, 2.45) is 0 Å². The summed E-state index contributed by atoms with van der Waals surface area (Å²) in [6.45, 7) is 0. The monoisotopic (exact) mass is 289 g/mol. The third kappa shape index (κ3) is 1.54. The van der Waals surface area contributed by atoms with Crippen molar-refractivity contribution in [3.8, 4) is 28.7 Å². The van der Waals surface area contributed by atoms with Gasteiger partial charge in [0, 0.05) is 16.3 Å². The number of aliphatic hydroxyl groups is 1. The highest BCUT2D eigenvalue weighted by Crippen LogP contribution is 2.51. The van der Waals surface area contributed by atoms with E-state index in [1.54, 1.807) is 30.3 Å². The van der Waals surface area contributed by atoms with Gasteiger partial charge in [0.05, 0.1) is 5.56 Å². The Labute approximate surface area is 126 Å². The van der Waals surface area contributed by atoms with E-state index < -0.39 is 6.29 Å². The van der Waals surface area contributed by atoms with E-state index in [9.17, 15) is 15.5 Å². The van der Waals surface area contributed by atoms with Crippen molar-refractivity contribution in [3.63, 3.8) is 0 Å². The minimum Gasteiger partial charge on any atom is -0.506 e. The SMILES string of the molecule is N#Cc1c(O)c2c(c3ccccc13)OC(O)c1ccccc1-2. The number of rotatable bonds is 0. The van der Waals surface area contributed by atoms with Gasteiger partial charge in [-0.15, -0.1) is 0 Å². The van der Waals surface area contributed by atoms with Crippen LogP contribution >= 0.6 is 0 Å². The number of hydrogen-bond donors (Lipinski definition) is 2. The fourth-order valence-electron chi connectivity index (χ4n) is 2.99. The minimum absolute atomic E-state index is 0.115. The van der Waals surface area contributed by atoms with Crippen LogP contribution in [0.2, 0.25) is 0 Å². The summed E-state index contributed by atoms with van der Waals surface area (Å²) in [5, 5.41) is 31.5. The van der Waals surface area contributed by atoms with E-state index in [2.05, 4.69) is 6.07 Å². The second kappa shape index (κ2) is 4.48. The number of aliphatic hydroxyl groups excluding tert-OH is 1. The Bertz CT molecular complexity index is 956. The predicted octanol–water partition coefficient (Wildman–Crippen LogP) is 3.47. The maximum atomic E-state index is 10.6. The lowest BCUT2D eigenvalue weighted by molar-refractivity contribution is -0.0202. The number of ether oxygens (including phenoxy) is 1. The maximum absolute atomic E-state index is 10.6. The molecule has 0 amide bonds. The van der Waals surface area contributed by atoms with Crippen LogP contribution in [0, 0.1) is 11.3 Å². The van der Waals surface area contributed by atoms with Crippen molar-refractivity contribution in [2.45, 2.75) is 6.29 Å². The van der Waals surface area contributed by atoms with Gasteiger partial charge in [-0.3, -0.25) is 0 Å². The molecule has 0 aromatic heterocycles. The van der Waals surface area contributed by atoms with Gasteiger partial charge in [0.25, 0.3) is 0 Å². The molecule has 1 aliphatic heterocycles. The summed E-state index contributed by atoms with van der Waals surface area (Å²) >= 11 is 0. The molecule has 4 rings (SSSR count). The average molecular weight is 289 g/mol. The summed E-state index contributed by atoms with van der Waals surface area (Å²) in [5.41, 5.74) is 1.92. The number of fused-ring (bicyclic) bond motifs is 5.